The van der Waals surface area contributed by atoms with E-state index in [-0.39, 0.29) is 34.3 Å². The van der Waals surface area contributed by atoms with Gasteiger partial charge in [-0.25, -0.2) is 14.2 Å². The van der Waals surface area contributed by atoms with Crippen LogP contribution in [-0.4, -0.2) is 22.7 Å². The molecule has 0 unspecified atom stereocenters. The fourth-order valence-corrected chi connectivity index (χ4v) is 1.91. The van der Waals surface area contributed by atoms with Crippen LogP contribution in [0, 0.1) is 5.82 Å². The van der Waals surface area contributed by atoms with E-state index >= 15 is 0 Å². The zero-order valence-electron chi connectivity index (χ0n) is 10.6. The van der Waals surface area contributed by atoms with Gasteiger partial charge in [0.05, 0.1) is 17.3 Å². The second kappa shape index (κ2) is 5.88. The molecule has 1 N–H and O–H groups in total. The summed E-state index contributed by atoms with van der Waals surface area (Å²) in [5.41, 5.74) is 0.191. The molecule has 0 saturated heterocycles. The van der Waals surface area contributed by atoms with Gasteiger partial charge in [-0.1, -0.05) is 17.7 Å². The summed E-state index contributed by atoms with van der Waals surface area (Å²) in [4.78, 5) is 14.8. The van der Waals surface area contributed by atoms with Crippen LogP contribution in [0.2, 0.25) is 5.02 Å². The summed E-state index contributed by atoms with van der Waals surface area (Å²) in [5.74, 6) is -1.89. The highest BCUT2D eigenvalue weighted by Crippen LogP contribution is 2.34. The number of aromatic nitrogens is 1. The Bertz CT molecular complexity index is 661. The average Bonchev–Trinajstić information content (AvgIpc) is 2.43. The molecule has 6 heteroatoms. The Balaban J connectivity index is 2.55. The summed E-state index contributed by atoms with van der Waals surface area (Å²) in [5, 5.41) is 9.06. The van der Waals surface area contributed by atoms with Crippen LogP contribution in [0.1, 0.15) is 17.4 Å². The number of nitrogens with zero attached hydrogens (tertiary/aromatic N) is 1. The first-order valence-corrected chi connectivity index (χ1v) is 6.24. The van der Waals surface area contributed by atoms with E-state index in [0.717, 1.165) is 0 Å². The van der Waals surface area contributed by atoms with Crippen molar-refractivity contribution in [1.29, 1.82) is 0 Å². The van der Waals surface area contributed by atoms with Crippen LogP contribution < -0.4 is 4.74 Å². The van der Waals surface area contributed by atoms with Crippen LogP contribution in [0.5, 0.6) is 5.75 Å². The Morgan fingerprint density at radius 2 is 2.15 bits per heavy atom. The third-order valence-corrected chi connectivity index (χ3v) is 2.88. The third kappa shape index (κ3) is 2.72. The minimum atomic E-state index is -1.17. The maximum absolute atomic E-state index is 14.3. The summed E-state index contributed by atoms with van der Waals surface area (Å²) in [7, 11) is 0. The van der Waals surface area contributed by atoms with Gasteiger partial charge in [-0.15, -0.1) is 0 Å². The van der Waals surface area contributed by atoms with Gasteiger partial charge < -0.3 is 9.84 Å². The lowest BCUT2D eigenvalue weighted by Crippen LogP contribution is -2.02. The minimum Gasteiger partial charge on any atom is -0.489 e. The Hall–Kier alpha value is -2.14. The Morgan fingerprint density at radius 1 is 1.40 bits per heavy atom. The molecule has 0 bridgehead atoms. The van der Waals surface area contributed by atoms with E-state index in [9.17, 15) is 9.18 Å². The van der Waals surface area contributed by atoms with Crippen LogP contribution in [0.15, 0.2) is 30.3 Å². The molecule has 0 saturated carbocycles. The van der Waals surface area contributed by atoms with Crippen molar-refractivity contribution in [2.24, 2.45) is 0 Å². The number of pyridine rings is 1. The first kappa shape index (κ1) is 14.3. The lowest BCUT2D eigenvalue weighted by atomic mass is 10.1. The molecule has 1 aromatic heterocycles. The lowest BCUT2D eigenvalue weighted by Gasteiger charge is -2.10. The molecule has 20 heavy (non-hydrogen) atoms. The molecule has 0 aliphatic rings. The van der Waals surface area contributed by atoms with Gasteiger partial charge in [0.15, 0.2) is 11.6 Å². The smallest absolute Gasteiger partial charge is 0.354 e. The zero-order chi connectivity index (χ0) is 14.7. The predicted molar refractivity (Wildman–Crippen MR) is 72.8 cm³/mol. The van der Waals surface area contributed by atoms with Crippen LogP contribution in [0.4, 0.5) is 4.39 Å². The third-order valence-electron chi connectivity index (χ3n) is 2.58. The van der Waals surface area contributed by atoms with Gasteiger partial charge in [0.25, 0.3) is 0 Å². The maximum atomic E-state index is 14.3. The maximum Gasteiger partial charge on any atom is 0.354 e. The van der Waals surface area contributed by atoms with Gasteiger partial charge in [0.2, 0.25) is 0 Å². The van der Waals surface area contributed by atoms with E-state index in [2.05, 4.69) is 4.98 Å². The van der Waals surface area contributed by atoms with Gasteiger partial charge in [0, 0.05) is 5.56 Å². The van der Waals surface area contributed by atoms with Gasteiger partial charge in [-0.3, -0.25) is 0 Å². The SMILES string of the molecule is CCOc1c(Cl)ccc(-c2cccc(C(=O)O)n2)c1F. The number of hydrogen-bond donors (Lipinski definition) is 1. The molecule has 4 nitrogen and oxygen atoms in total. The highest BCUT2D eigenvalue weighted by atomic mass is 35.5. The monoisotopic (exact) mass is 295 g/mol. The molecule has 0 fully saturated rings. The number of benzene rings is 1. The second-order valence-electron chi connectivity index (χ2n) is 3.88. The number of rotatable bonds is 4. The molecule has 104 valence electrons. The molecule has 0 aliphatic heterocycles. The lowest BCUT2D eigenvalue weighted by molar-refractivity contribution is 0.0690. The Labute approximate surface area is 119 Å². The number of carboxylic acids is 1. The minimum absolute atomic E-state index is 0.0609. The Kier molecular flexibility index (Phi) is 4.20. The largest absolute Gasteiger partial charge is 0.489 e. The zero-order valence-corrected chi connectivity index (χ0v) is 11.3. The van der Waals surface area contributed by atoms with Gasteiger partial charge in [-0.2, -0.15) is 0 Å². The number of aromatic carboxylic acids is 1. The molecular formula is C14H11ClFNO3. The van der Waals surface area contributed by atoms with E-state index in [1.807, 2.05) is 0 Å². The first-order valence-electron chi connectivity index (χ1n) is 5.86. The number of carboxylic acid groups (broad SMARTS) is 1. The van der Waals surface area contributed by atoms with E-state index in [4.69, 9.17) is 21.4 Å². The highest BCUT2D eigenvalue weighted by molar-refractivity contribution is 6.32. The molecule has 0 spiro atoms. The highest BCUT2D eigenvalue weighted by Gasteiger charge is 2.16. The van der Waals surface area contributed by atoms with Crippen molar-refractivity contribution >= 4 is 17.6 Å². The van der Waals surface area contributed by atoms with Crippen molar-refractivity contribution in [3.63, 3.8) is 0 Å². The van der Waals surface area contributed by atoms with Crippen molar-refractivity contribution in [3.05, 3.63) is 46.9 Å². The topological polar surface area (TPSA) is 59.4 Å². The Morgan fingerprint density at radius 3 is 2.80 bits per heavy atom. The summed E-state index contributed by atoms with van der Waals surface area (Å²) in [6.45, 7) is 1.98. The molecule has 2 aromatic rings. The summed E-state index contributed by atoms with van der Waals surface area (Å²) >= 11 is 5.87. The second-order valence-corrected chi connectivity index (χ2v) is 4.29. The van der Waals surface area contributed by atoms with E-state index < -0.39 is 11.8 Å². The van der Waals surface area contributed by atoms with Gasteiger partial charge in [-0.05, 0) is 31.2 Å². The van der Waals surface area contributed by atoms with Crippen LogP contribution in [-0.2, 0) is 0 Å². The number of hydrogen-bond acceptors (Lipinski definition) is 3. The van der Waals surface area contributed by atoms with Crippen molar-refractivity contribution in [1.82, 2.24) is 4.98 Å². The van der Waals surface area contributed by atoms with Crippen molar-refractivity contribution < 1.29 is 19.0 Å². The van der Waals surface area contributed by atoms with Crippen LogP contribution in [0.3, 0.4) is 0 Å². The van der Waals surface area contributed by atoms with Crippen LogP contribution >= 0.6 is 11.6 Å². The first-order chi connectivity index (χ1) is 9.54. The standard InChI is InChI=1S/C14H11ClFNO3/c1-2-20-13-9(15)7-6-8(12(13)16)10-4-3-5-11(17-10)14(18)19/h3-7H,2H2,1H3,(H,18,19). The summed E-state index contributed by atoms with van der Waals surface area (Å²) in [6.07, 6.45) is 0. The van der Waals surface area contributed by atoms with Gasteiger partial charge in [0.1, 0.15) is 5.69 Å². The molecule has 1 heterocycles. The number of carbonyl (C=O) groups is 1. The molecule has 0 amide bonds. The molecule has 0 radical (unpaired) electrons. The summed E-state index contributed by atoms with van der Waals surface area (Å²) in [6, 6.07) is 7.28. The summed E-state index contributed by atoms with van der Waals surface area (Å²) < 4.78 is 19.5. The fourth-order valence-electron chi connectivity index (χ4n) is 1.71. The van der Waals surface area contributed by atoms with Crippen molar-refractivity contribution in [2.75, 3.05) is 6.61 Å². The molecule has 1 aromatic carbocycles. The van der Waals surface area contributed by atoms with Crippen molar-refractivity contribution in [2.45, 2.75) is 6.92 Å². The number of ether oxygens (including phenoxy) is 1. The van der Waals surface area contributed by atoms with E-state index in [0.29, 0.717) is 0 Å². The molecule has 2 rings (SSSR count). The van der Waals surface area contributed by atoms with E-state index in [1.165, 1.54) is 30.3 Å². The normalized spacial score (nSPS) is 10.3. The van der Waals surface area contributed by atoms with E-state index in [1.54, 1.807) is 6.92 Å². The molecule has 0 aliphatic carbocycles. The van der Waals surface area contributed by atoms with Gasteiger partial charge >= 0.3 is 5.97 Å². The average molecular weight is 296 g/mol. The quantitative estimate of drug-likeness (QED) is 0.935. The molecule has 0 atom stereocenters. The number of halogens is 2. The van der Waals surface area contributed by atoms with Crippen molar-refractivity contribution in [3.8, 4) is 17.0 Å². The molecular weight excluding hydrogens is 285 g/mol. The van der Waals surface area contributed by atoms with Crippen LogP contribution in [0.25, 0.3) is 11.3 Å². The predicted octanol–water partition coefficient (Wildman–Crippen LogP) is 3.64. The fraction of sp³-hybridized carbons (Fsp3) is 0.143.